The number of carbonyl (C=O) groups excluding carboxylic acids is 3. The van der Waals surface area contributed by atoms with Crippen LogP contribution in [0.15, 0.2) is 25.3 Å². The fourth-order valence-corrected chi connectivity index (χ4v) is 6.95. The van der Waals surface area contributed by atoms with E-state index in [0.29, 0.717) is 25.9 Å². The van der Waals surface area contributed by atoms with Gasteiger partial charge in [-0.1, -0.05) is 52.7 Å². The molecule has 1 spiro atoms. The molecule has 0 aliphatic carbocycles. The van der Waals surface area contributed by atoms with E-state index < -0.39 is 41.1 Å². The quantitative estimate of drug-likeness (QED) is 0.196. The van der Waals surface area contributed by atoms with Crippen molar-refractivity contribution in [2.75, 3.05) is 26.3 Å². The van der Waals surface area contributed by atoms with E-state index >= 15 is 0 Å². The molecule has 8 atom stereocenters. The van der Waals surface area contributed by atoms with Gasteiger partial charge in [0.2, 0.25) is 11.8 Å². The Hall–Kier alpha value is -2.19. The first-order valence-corrected chi connectivity index (χ1v) is 14.4. The fraction of sp³-hybridized carbons (Fsp3) is 0.767. The van der Waals surface area contributed by atoms with Gasteiger partial charge in [0.05, 0.1) is 30.8 Å². The summed E-state index contributed by atoms with van der Waals surface area (Å²) in [6, 6.07) is -1.49. The van der Waals surface area contributed by atoms with Crippen molar-refractivity contribution in [3.05, 3.63) is 25.3 Å². The van der Waals surface area contributed by atoms with Gasteiger partial charge >= 0.3 is 5.97 Å². The molecular weight excluding hydrogens is 484 g/mol. The molecule has 2 amide bonds. The Kier molecular flexibility index (Phi) is 9.85. The van der Waals surface area contributed by atoms with E-state index in [9.17, 15) is 19.5 Å². The van der Waals surface area contributed by atoms with Gasteiger partial charge in [-0.2, -0.15) is 0 Å². The highest BCUT2D eigenvalue weighted by atomic mass is 16.6. The van der Waals surface area contributed by atoms with Crippen molar-refractivity contribution < 1.29 is 29.0 Å². The van der Waals surface area contributed by atoms with Crippen LogP contribution in [-0.2, 0) is 23.9 Å². The zero-order chi connectivity index (χ0) is 28.3. The van der Waals surface area contributed by atoms with Crippen molar-refractivity contribution in [3.63, 3.8) is 0 Å². The summed E-state index contributed by atoms with van der Waals surface area (Å²) in [5.41, 5.74) is -2.07. The molecule has 214 valence electrons. The Morgan fingerprint density at radius 3 is 2.58 bits per heavy atom. The summed E-state index contributed by atoms with van der Waals surface area (Å²) in [5, 5.41) is 10.5. The molecule has 3 aliphatic rings. The number of aliphatic hydroxyl groups is 1. The number of nitrogens with zero attached hydrogens (tertiary/aromatic N) is 2. The minimum atomic E-state index is -1.15. The molecule has 0 radical (unpaired) electrons. The first-order chi connectivity index (χ1) is 18.1. The lowest BCUT2D eigenvalue weighted by atomic mass is 9.62. The summed E-state index contributed by atoms with van der Waals surface area (Å²) < 4.78 is 12.5. The summed E-state index contributed by atoms with van der Waals surface area (Å²) >= 11 is 0. The zero-order valence-corrected chi connectivity index (χ0v) is 24.0. The molecule has 3 rings (SSSR count). The molecule has 0 saturated carbocycles. The number of hydrogen-bond acceptors (Lipinski definition) is 6. The second-order valence-electron chi connectivity index (χ2n) is 11.6. The summed E-state index contributed by atoms with van der Waals surface area (Å²) in [6.07, 6.45) is 7.80. The van der Waals surface area contributed by atoms with Crippen LogP contribution < -0.4 is 0 Å². The van der Waals surface area contributed by atoms with Gasteiger partial charge in [0.1, 0.15) is 17.6 Å². The zero-order valence-electron chi connectivity index (χ0n) is 24.0. The lowest BCUT2D eigenvalue weighted by Gasteiger charge is -2.41. The van der Waals surface area contributed by atoms with Gasteiger partial charge in [-0.25, -0.2) is 0 Å². The standard InChI is InChI=1S/C30H48N2O6/c1-8-12-14-17-37-28(36)24-23-26(34)32(22(19-33)20(5)11-4)25(27(35)31(15-10-3)16-13-9-2)30(23)18-21(6)29(24,7)38-30/h8,10,20-25,33H,1,3,9,11-19H2,2,4-7H3/t20-,21?,22-,23-,24+,25?,29-,30?/m0/s1. The van der Waals surface area contributed by atoms with Crippen LogP contribution in [-0.4, -0.2) is 82.3 Å². The molecule has 0 aromatic rings. The number of hydrogen-bond donors (Lipinski definition) is 1. The molecule has 8 heteroatoms. The summed E-state index contributed by atoms with van der Waals surface area (Å²) in [4.78, 5) is 45.6. The van der Waals surface area contributed by atoms with Crippen LogP contribution >= 0.6 is 0 Å². The second-order valence-corrected chi connectivity index (χ2v) is 11.6. The minimum Gasteiger partial charge on any atom is -0.465 e. The minimum absolute atomic E-state index is 0.0486. The number of amides is 2. The molecule has 8 nitrogen and oxygen atoms in total. The molecule has 38 heavy (non-hydrogen) atoms. The van der Waals surface area contributed by atoms with Gasteiger partial charge in [0, 0.05) is 13.1 Å². The number of esters is 1. The molecule has 3 unspecified atom stereocenters. The number of unbranched alkanes of at least 4 members (excludes halogenated alkanes) is 2. The lowest BCUT2D eigenvalue weighted by molar-refractivity contribution is -0.164. The van der Waals surface area contributed by atoms with Gasteiger partial charge in [-0.05, 0) is 44.4 Å². The monoisotopic (exact) mass is 532 g/mol. The largest absolute Gasteiger partial charge is 0.465 e. The van der Waals surface area contributed by atoms with Crippen LogP contribution in [0.1, 0.15) is 73.1 Å². The molecule has 3 aliphatic heterocycles. The Balaban J connectivity index is 2.10. The molecule has 2 bridgehead atoms. The fourth-order valence-electron chi connectivity index (χ4n) is 6.95. The normalized spacial score (nSPS) is 33.1. The van der Waals surface area contributed by atoms with Gasteiger partial charge in [-0.15, -0.1) is 13.2 Å². The summed E-state index contributed by atoms with van der Waals surface area (Å²) in [5.74, 6) is -2.70. The Morgan fingerprint density at radius 2 is 2.00 bits per heavy atom. The third-order valence-corrected chi connectivity index (χ3v) is 9.33. The molecule has 1 N–H and O–H groups in total. The smallest absolute Gasteiger partial charge is 0.312 e. The first-order valence-electron chi connectivity index (χ1n) is 14.4. The maximum Gasteiger partial charge on any atom is 0.312 e. The van der Waals surface area contributed by atoms with E-state index in [-0.39, 0.29) is 36.9 Å². The van der Waals surface area contributed by atoms with Crippen molar-refractivity contribution in [2.24, 2.45) is 23.7 Å². The number of aliphatic hydroxyl groups excluding tert-OH is 1. The van der Waals surface area contributed by atoms with Crippen LogP contribution in [0.4, 0.5) is 0 Å². The summed E-state index contributed by atoms with van der Waals surface area (Å²) in [6.45, 7) is 18.4. The van der Waals surface area contributed by atoms with Gasteiger partial charge in [0.25, 0.3) is 0 Å². The van der Waals surface area contributed by atoms with Crippen molar-refractivity contribution in [3.8, 4) is 0 Å². The van der Waals surface area contributed by atoms with Crippen molar-refractivity contribution in [1.82, 2.24) is 9.80 Å². The van der Waals surface area contributed by atoms with Gasteiger partial charge < -0.3 is 24.4 Å². The number of ether oxygens (including phenoxy) is 2. The number of rotatable bonds is 15. The Morgan fingerprint density at radius 1 is 1.29 bits per heavy atom. The Bertz CT molecular complexity index is 907. The number of carbonyl (C=O) groups is 3. The Labute approximate surface area is 228 Å². The molecular formula is C30H48N2O6. The van der Waals surface area contributed by atoms with E-state index in [0.717, 1.165) is 25.7 Å². The highest BCUT2D eigenvalue weighted by Crippen LogP contribution is 2.65. The van der Waals surface area contributed by atoms with Crippen LogP contribution in [0.25, 0.3) is 0 Å². The highest BCUT2D eigenvalue weighted by molar-refractivity contribution is 5.98. The summed E-state index contributed by atoms with van der Waals surface area (Å²) in [7, 11) is 0. The van der Waals surface area contributed by atoms with E-state index in [2.05, 4.69) is 20.1 Å². The molecule has 0 aromatic carbocycles. The third kappa shape index (κ3) is 4.94. The van der Waals surface area contributed by atoms with Crippen LogP contribution in [0.2, 0.25) is 0 Å². The van der Waals surface area contributed by atoms with Crippen molar-refractivity contribution >= 4 is 17.8 Å². The first kappa shape index (κ1) is 30.4. The maximum absolute atomic E-state index is 14.4. The van der Waals surface area contributed by atoms with E-state index in [4.69, 9.17) is 9.47 Å². The van der Waals surface area contributed by atoms with E-state index in [1.807, 2.05) is 27.7 Å². The van der Waals surface area contributed by atoms with Gasteiger partial charge in [-0.3, -0.25) is 14.4 Å². The molecule has 3 saturated heterocycles. The van der Waals surface area contributed by atoms with Crippen molar-refractivity contribution in [2.45, 2.75) is 96.4 Å². The topological polar surface area (TPSA) is 96.4 Å². The molecule has 3 fully saturated rings. The molecule has 0 aromatic heterocycles. The number of fused-ring (bicyclic) bond motifs is 1. The third-order valence-electron chi connectivity index (χ3n) is 9.33. The van der Waals surface area contributed by atoms with Crippen LogP contribution in [0, 0.1) is 23.7 Å². The van der Waals surface area contributed by atoms with E-state index in [1.165, 1.54) is 0 Å². The SMILES string of the molecule is C=CCCCOC(=O)[C@H]1[C@H]2C(=O)N([C@@H](CO)[C@@H](C)CC)C(C(=O)N(CC=C)CCCC)C23CC(C)[C@]1(C)O3. The van der Waals surface area contributed by atoms with Crippen LogP contribution in [0.3, 0.4) is 0 Å². The number of allylic oxidation sites excluding steroid dienone is 1. The van der Waals surface area contributed by atoms with Crippen molar-refractivity contribution in [1.29, 1.82) is 0 Å². The van der Waals surface area contributed by atoms with Crippen LogP contribution in [0.5, 0.6) is 0 Å². The number of likely N-dealkylation sites (tertiary alicyclic amines) is 1. The second kappa shape index (κ2) is 12.3. The maximum atomic E-state index is 14.4. The predicted molar refractivity (Wildman–Crippen MR) is 146 cm³/mol. The highest BCUT2D eigenvalue weighted by Gasteiger charge is 2.80. The average Bonchev–Trinajstić information content (AvgIpc) is 3.41. The van der Waals surface area contributed by atoms with Gasteiger partial charge in [0.15, 0.2) is 0 Å². The predicted octanol–water partition coefficient (Wildman–Crippen LogP) is 3.73. The van der Waals surface area contributed by atoms with E-state index in [1.54, 1.807) is 22.0 Å². The molecule has 3 heterocycles. The lowest BCUT2D eigenvalue weighted by Crippen LogP contribution is -2.60. The average molecular weight is 533 g/mol.